The number of Topliss-reactive ketones (excluding diaryl/α,β-unsaturated/α-hetero) is 1. The molecule has 2 nitrogen and oxygen atoms in total. The van der Waals surface area contributed by atoms with Crippen LogP contribution in [0.2, 0.25) is 0 Å². The van der Waals surface area contributed by atoms with Crippen molar-refractivity contribution < 1.29 is 4.79 Å². The molecule has 0 unspecified atom stereocenters. The van der Waals surface area contributed by atoms with Crippen molar-refractivity contribution >= 4 is 17.1 Å². The third-order valence-corrected chi connectivity index (χ3v) is 4.12. The summed E-state index contributed by atoms with van der Waals surface area (Å²) in [5.74, 6) is 0.189. The average Bonchev–Trinajstić information content (AvgIpc) is 2.70. The molecule has 3 heteroatoms. The zero-order valence-corrected chi connectivity index (χ0v) is 11.8. The Hall–Kier alpha value is -1.48. The number of aromatic nitrogens is 1. The summed E-state index contributed by atoms with van der Waals surface area (Å²) >= 11 is 1.62. The smallest absolute Gasteiger partial charge is 0.135 e. The Morgan fingerprint density at radius 2 is 1.94 bits per heavy atom. The van der Waals surface area contributed by atoms with E-state index in [0.29, 0.717) is 6.42 Å². The molecule has 0 bridgehead atoms. The van der Waals surface area contributed by atoms with Gasteiger partial charge in [0.25, 0.3) is 0 Å². The maximum Gasteiger partial charge on any atom is 0.135 e. The number of benzene rings is 1. The van der Waals surface area contributed by atoms with Gasteiger partial charge in [0.2, 0.25) is 0 Å². The van der Waals surface area contributed by atoms with Crippen LogP contribution in [-0.4, -0.2) is 10.8 Å². The minimum atomic E-state index is 0.189. The summed E-state index contributed by atoms with van der Waals surface area (Å²) in [6, 6.07) is 8.48. The van der Waals surface area contributed by atoms with Crippen LogP contribution in [0.3, 0.4) is 0 Å². The third kappa shape index (κ3) is 2.85. The van der Waals surface area contributed by atoms with E-state index in [-0.39, 0.29) is 5.78 Å². The van der Waals surface area contributed by atoms with Crippen LogP contribution in [0.15, 0.2) is 24.3 Å². The first-order valence-corrected chi connectivity index (χ1v) is 6.97. The van der Waals surface area contributed by atoms with Gasteiger partial charge in [-0.25, -0.2) is 4.98 Å². The Balaban J connectivity index is 2.30. The van der Waals surface area contributed by atoms with Crippen molar-refractivity contribution in [3.8, 4) is 10.6 Å². The monoisotopic (exact) mass is 259 g/mol. The zero-order chi connectivity index (χ0) is 13.1. The fourth-order valence-electron chi connectivity index (χ4n) is 1.82. The van der Waals surface area contributed by atoms with E-state index in [4.69, 9.17) is 0 Å². The Labute approximate surface area is 112 Å². The molecule has 0 aliphatic heterocycles. The van der Waals surface area contributed by atoms with Gasteiger partial charge < -0.3 is 0 Å². The molecule has 0 saturated carbocycles. The highest BCUT2D eigenvalue weighted by Gasteiger charge is 2.10. The van der Waals surface area contributed by atoms with E-state index < -0.39 is 0 Å². The summed E-state index contributed by atoms with van der Waals surface area (Å²) in [5.41, 5.74) is 3.44. The standard InChI is InChI=1S/C15H17NOS/c1-4-12-5-7-13(8-6-12)15-16-11(3)14(18-15)9-10(2)17/h5-8H,4,9H2,1-3H3. The molecule has 0 amide bonds. The van der Waals surface area contributed by atoms with Gasteiger partial charge in [-0.1, -0.05) is 31.2 Å². The highest BCUT2D eigenvalue weighted by molar-refractivity contribution is 7.15. The lowest BCUT2D eigenvalue weighted by Crippen LogP contribution is -1.94. The van der Waals surface area contributed by atoms with Gasteiger partial charge in [0, 0.05) is 16.9 Å². The number of hydrogen-bond donors (Lipinski definition) is 0. The first-order chi connectivity index (χ1) is 8.60. The molecule has 0 atom stereocenters. The number of rotatable bonds is 4. The van der Waals surface area contributed by atoms with Crippen LogP contribution in [0.4, 0.5) is 0 Å². The van der Waals surface area contributed by atoms with Crippen molar-refractivity contribution in [1.82, 2.24) is 4.98 Å². The van der Waals surface area contributed by atoms with Crippen LogP contribution in [0.5, 0.6) is 0 Å². The van der Waals surface area contributed by atoms with E-state index in [0.717, 1.165) is 27.6 Å². The summed E-state index contributed by atoms with van der Waals surface area (Å²) in [4.78, 5) is 16.8. The molecule has 2 aromatic rings. The minimum absolute atomic E-state index is 0.189. The fourth-order valence-corrected chi connectivity index (χ4v) is 2.96. The molecule has 1 aromatic heterocycles. The number of aryl methyl sites for hydroxylation is 2. The summed E-state index contributed by atoms with van der Waals surface area (Å²) in [5, 5.41) is 1.01. The minimum Gasteiger partial charge on any atom is -0.300 e. The lowest BCUT2D eigenvalue weighted by molar-refractivity contribution is -0.116. The SMILES string of the molecule is CCc1ccc(-c2nc(C)c(CC(C)=O)s2)cc1. The first-order valence-electron chi connectivity index (χ1n) is 6.15. The maximum atomic E-state index is 11.2. The van der Waals surface area contributed by atoms with Gasteiger partial charge in [-0.2, -0.15) is 0 Å². The van der Waals surface area contributed by atoms with Gasteiger partial charge in [-0.3, -0.25) is 4.79 Å². The van der Waals surface area contributed by atoms with Crippen LogP contribution in [0.25, 0.3) is 10.6 Å². The van der Waals surface area contributed by atoms with E-state index in [1.54, 1.807) is 18.3 Å². The van der Waals surface area contributed by atoms with E-state index in [9.17, 15) is 4.79 Å². The van der Waals surface area contributed by atoms with Gasteiger partial charge in [-0.15, -0.1) is 11.3 Å². The molecule has 0 fully saturated rings. The van der Waals surface area contributed by atoms with E-state index in [2.05, 4.69) is 36.2 Å². The lowest BCUT2D eigenvalue weighted by atomic mass is 10.1. The molecule has 0 aliphatic rings. The number of thiazole rings is 1. The molecule has 2 rings (SSSR count). The molecular weight excluding hydrogens is 242 g/mol. The normalized spacial score (nSPS) is 10.6. The second kappa shape index (κ2) is 5.44. The number of nitrogens with zero attached hydrogens (tertiary/aromatic N) is 1. The van der Waals surface area contributed by atoms with Crippen LogP contribution in [0.1, 0.15) is 30.0 Å². The lowest BCUT2D eigenvalue weighted by Gasteiger charge is -1.98. The summed E-state index contributed by atoms with van der Waals surface area (Å²) < 4.78 is 0. The number of carbonyl (C=O) groups excluding carboxylic acids is 1. The van der Waals surface area contributed by atoms with Crippen LogP contribution < -0.4 is 0 Å². The summed E-state index contributed by atoms with van der Waals surface area (Å²) in [7, 11) is 0. The van der Waals surface area contributed by atoms with Crippen molar-refractivity contribution in [2.24, 2.45) is 0 Å². The highest BCUT2D eigenvalue weighted by Crippen LogP contribution is 2.28. The highest BCUT2D eigenvalue weighted by atomic mass is 32.1. The second-order valence-electron chi connectivity index (χ2n) is 4.46. The number of carbonyl (C=O) groups is 1. The van der Waals surface area contributed by atoms with Gasteiger partial charge in [0.1, 0.15) is 10.8 Å². The van der Waals surface area contributed by atoms with Crippen molar-refractivity contribution in [2.75, 3.05) is 0 Å². The van der Waals surface area contributed by atoms with Crippen molar-refractivity contribution in [2.45, 2.75) is 33.6 Å². The molecule has 0 N–H and O–H groups in total. The maximum absolute atomic E-state index is 11.2. The number of hydrogen-bond acceptors (Lipinski definition) is 3. The van der Waals surface area contributed by atoms with Crippen molar-refractivity contribution in [3.05, 3.63) is 40.4 Å². The molecule has 94 valence electrons. The van der Waals surface area contributed by atoms with Crippen molar-refractivity contribution in [1.29, 1.82) is 0 Å². The molecule has 0 saturated heterocycles. The molecule has 1 aromatic carbocycles. The van der Waals surface area contributed by atoms with Gasteiger partial charge in [0.05, 0.1) is 5.69 Å². The third-order valence-electron chi connectivity index (χ3n) is 2.91. The molecule has 0 aliphatic carbocycles. The van der Waals surface area contributed by atoms with Gasteiger partial charge in [-0.05, 0) is 25.8 Å². The predicted octanol–water partition coefficient (Wildman–Crippen LogP) is 3.81. The number of ketones is 1. The molecular formula is C15H17NOS. The molecule has 18 heavy (non-hydrogen) atoms. The second-order valence-corrected chi connectivity index (χ2v) is 5.54. The predicted molar refractivity (Wildman–Crippen MR) is 76.1 cm³/mol. The Morgan fingerprint density at radius 3 is 2.50 bits per heavy atom. The summed E-state index contributed by atoms with van der Waals surface area (Å²) in [6.07, 6.45) is 1.54. The van der Waals surface area contributed by atoms with E-state index in [1.165, 1.54) is 5.56 Å². The molecule has 1 heterocycles. The average molecular weight is 259 g/mol. The van der Waals surface area contributed by atoms with Crippen molar-refractivity contribution in [3.63, 3.8) is 0 Å². The molecule has 0 spiro atoms. The zero-order valence-electron chi connectivity index (χ0n) is 11.0. The van der Waals surface area contributed by atoms with E-state index >= 15 is 0 Å². The van der Waals surface area contributed by atoms with Crippen LogP contribution in [-0.2, 0) is 17.6 Å². The Morgan fingerprint density at radius 1 is 1.28 bits per heavy atom. The Kier molecular flexibility index (Phi) is 3.92. The quantitative estimate of drug-likeness (QED) is 0.835. The fraction of sp³-hybridized carbons (Fsp3) is 0.333. The van der Waals surface area contributed by atoms with Crippen LogP contribution >= 0.6 is 11.3 Å². The van der Waals surface area contributed by atoms with Gasteiger partial charge in [0.15, 0.2) is 0 Å². The summed E-state index contributed by atoms with van der Waals surface area (Å²) in [6.45, 7) is 5.74. The molecule has 0 radical (unpaired) electrons. The topological polar surface area (TPSA) is 30.0 Å². The Bertz CT molecular complexity index is 554. The van der Waals surface area contributed by atoms with E-state index in [1.807, 2.05) is 6.92 Å². The van der Waals surface area contributed by atoms with Gasteiger partial charge >= 0.3 is 0 Å². The largest absolute Gasteiger partial charge is 0.300 e. The first kappa shape index (κ1) is 13.0. The van der Waals surface area contributed by atoms with Crippen LogP contribution in [0, 0.1) is 6.92 Å².